The minimum Gasteiger partial charge on any atom is -0.147 e. The molecule has 0 saturated heterocycles. The quantitative estimate of drug-likeness (QED) is 0.284. The van der Waals surface area contributed by atoms with Gasteiger partial charge in [0.15, 0.2) is 0 Å². The zero-order chi connectivity index (χ0) is 12.1. The van der Waals surface area contributed by atoms with Crippen molar-refractivity contribution in [3.63, 3.8) is 0 Å². The first kappa shape index (κ1) is 20.0. The van der Waals surface area contributed by atoms with E-state index in [1.54, 1.807) is 0 Å². The minimum absolute atomic E-state index is 0. The van der Waals surface area contributed by atoms with E-state index in [1.165, 1.54) is 76.8 Å². The summed E-state index contributed by atoms with van der Waals surface area (Å²) in [5.74, 6) is 0. The molecule has 0 amide bonds. The van der Waals surface area contributed by atoms with Gasteiger partial charge in [-0.3, -0.25) is 0 Å². The molecule has 0 unspecified atom stereocenters. The van der Waals surface area contributed by atoms with Crippen LogP contribution in [-0.4, -0.2) is 19.5 Å². The van der Waals surface area contributed by atoms with Gasteiger partial charge in [-0.15, -0.1) is 20.3 Å². The normalized spacial score (nSPS) is 10.6. The molecule has 0 aromatic rings. The van der Waals surface area contributed by atoms with E-state index in [-0.39, 0.29) is 12.4 Å². The second kappa shape index (κ2) is 16.7. The SMILES string of the molecule is CCCCCCCCCCCCCP(C)C.Cl. The maximum absolute atomic E-state index is 2.39. The van der Waals surface area contributed by atoms with Gasteiger partial charge in [-0.25, -0.2) is 0 Å². The minimum atomic E-state index is 0. The van der Waals surface area contributed by atoms with Crippen molar-refractivity contribution in [2.45, 2.75) is 77.6 Å². The maximum Gasteiger partial charge on any atom is -0.0331 e. The number of hydrogen-bond donors (Lipinski definition) is 0. The summed E-state index contributed by atoms with van der Waals surface area (Å²) in [5, 5.41) is 0. The van der Waals surface area contributed by atoms with Gasteiger partial charge in [0.25, 0.3) is 0 Å². The zero-order valence-electron chi connectivity index (χ0n) is 12.3. The molecule has 0 aromatic carbocycles. The fraction of sp³-hybridized carbons (Fsp3) is 1.00. The molecule has 0 rings (SSSR count). The van der Waals surface area contributed by atoms with Crippen LogP contribution < -0.4 is 0 Å². The van der Waals surface area contributed by atoms with Crippen molar-refractivity contribution in [1.82, 2.24) is 0 Å². The molecule has 0 aliphatic heterocycles. The van der Waals surface area contributed by atoms with E-state index in [0.717, 1.165) is 0 Å². The van der Waals surface area contributed by atoms with Crippen molar-refractivity contribution < 1.29 is 0 Å². The molecule has 0 aromatic heterocycles. The first-order chi connectivity index (χ1) is 7.77. The Labute approximate surface area is 118 Å². The molecule has 0 bridgehead atoms. The molecular formula is C15H34ClP. The largest absolute Gasteiger partial charge is 0.147 e. The van der Waals surface area contributed by atoms with Gasteiger partial charge < -0.3 is 0 Å². The van der Waals surface area contributed by atoms with E-state index in [0.29, 0.717) is 7.92 Å². The standard InChI is InChI=1S/C15H33P.ClH/c1-4-5-6-7-8-9-10-11-12-13-14-15-16(2)3;/h4-15H2,1-3H3;1H. The maximum atomic E-state index is 2.39. The summed E-state index contributed by atoms with van der Waals surface area (Å²) in [7, 11) is 0.363. The highest BCUT2D eigenvalue weighted by Gasteiger charge is 1.94. The average Bonchev–Trinajstić information content (AvgIpc) is 2.25. The first-order valence-corrected chi connectivity index (χ1v) is 9.84. The molecule has 0 saturated carbocycles. The molecule has 0 spiro atoms. The Hall–Kier alpha value is 0.720. The van der Waals surface area contributed by atoms with Gasteiger partial charge in [0, 0.05) is 0 Å². The second-order valence-corrected chi connectivity index (χ2v) is 7.95. The summed E-state index contributed by atoms with van der Waals surface area (Å²) in [6.07, 6.45) is 17.6. The molecule has 0 aliphatic carbocycles. The lowest BCUT2D eigenvalue weighted by molar-refractivity contribution is 0.555. The Morgan fingerprint density at radius 2 is 0.941 bits per heavy atom. The summed E-state index contributed by atoms with van der Waals surface area (Å²) >= 11 is 0. The molecule has 0 heterocycles. The molecule has 0 nitrogen and oxygen atoms in total. The topological polar surface area (TPSA) is 0 Å². The van der Waals surface area contributed by atoms with Crippen LogP contribution in [0.2, 0.25) is 0 Å². The van der Waals surface area contributed by atoms with Crippen LogP contribution in [0.25, 0.3) is 0 Å². The average molecular weight is 281 g/mol. The molecular weight excluding hydrogens is 247 g/mol. The lowest BCUT2D eigenvalue weighted by Crippen LogP contribution is -1.84. The second-order valence-electron chi connectivity index (χ2n) is 5.34. The smallest absolute Gasteiger partial charge is 0.0331 e. The van der Waals surface area contributed by atoms with Gasteiger partial charge in [-0.05, 0) is 25.9 Å². The molecule has 2 heteroatoms. The molecule has 106 valence electrons. The van der Waals surface area contributed by atoms with Crippen molar-refractivity contribution in [2.75, 3.05) is 19.5 Å². The van der Waals surface area contributed by atoms with Crippen LogP contribution in [0.5, 0.6) is 0 Å². The van der Waals surface area contributed by atoms with Crippen LogP contribution in [0.3, 0.4) is 0 Å². The number of hydrogen-bond acceptors (Lipinski definition) is 0. The van der Waals surface area contributed by atoms with Gasteiger partial charge in [-0.1, -0.05) is 71.1 Å². The van der Waals surface area contributed by atoms with Crippen LogP contribution in [0.15, 0.2) is 0 Å². The van der Waals surface area contributed by atoms with E-state index in [2.05, 4.69) is 20.3 Å². The molecule has 17 heavy (non-hydrogen) atoms. The number of rotatable bonds is 12. The van der Waals surface area contributed by atoms with E-state index in [1.807, 2.05) is 0 Å². The molecule has 0 N–H and O–H groups in total. The Balaban J connectivity index is 0. The van der Waals surface area contributed by atoms with Crippen molar-refractivity contribution in [3.8, 4) is 0 Å². The van der Waals surface area contributed by atoms with Crippen LogP contribution >= 0.6 is 20.3 Å². The molecule has 0 fully saturated rings. The summed E-state index contributed by atoms with van der Waals surface area (Å²) in [6.45, 7) is 7.08. The summed E-state index contributed by atoms with van der Waals surface area (Å²) in [5.41, 5.74) is 0. The van der Waals surface area contributed by atoms with Crippen molar-refractivity contribution in [1.29, 1.82) is 0 Å². The predicted octanol–water partition coefficient (Wildman–Crippen LogP) is 6.46. The lowest BCUT2D eigenvalue weighted by atomic mass is 10.1. The van der Waals surface area contributed by atoms with Gasteiger partial charge in [0.05, 0.1) is 0 Å². The fourth-order valence-corrected chi connectivity index (χ4v) is 2.95. The monoisotopic (exact) mass is 280 g/mol. The highest BCUT2D eigenvalue weighted by atomic mass is 35.5. The van der Waals surface area contributed by atoms with Gasteiger partial charge in [0.1, 0.15) is 0 Å². The summed E-state index contributed by atoms with van der Waals surface area (Å²) in [4.78, 5) is 0. The van der Waals surface area contributed by atoms with Crippen molar-refractivity contribution >= 4 is 20.3 Å². The first-order valence-electron chi connectivity index (χ1n) is 7.42. The Morgan fingerprint density at radius 3 is 1.29 bits per heavy atom. The highest BCUT2D eigenvalue weighted by Crippen LogP contribution is 2.26. The Bertz CT molecular complexity index is 126. The van der Waals surface area contributed by atoms with Gasteiger partial charge in [-0.2, -0.15) is 0 Å². The third kappa shape index (κ3) is 19.2. The number of unbranched alkanes of at least 4 members (excludes halogenated alkanes) is 10. The van der Waals surface area contributed by atoms with Crippen LogP contribution in [-0.2, 0) is 0 Å². The lowest BCUT2D eigenvalue weighted by Gasteiger charge is -2.05. The molecule has 0 aliphatic rings. The van der Waals surface area contributed by atoms with E-state index in [4.69, 9.17) is 0 Å². The van der Waals surface area contributed by atoms with E-state index in [9.17, 15) is 0 Å². The summed E-state index contributed by atoms with van der Waals surface area (Å²) in [6, 6.07) is 0. The van der Waals surface area contributed by atoms with Crippen LogP contribution in [0, 0.1) is 0 Å². The zero-order valence-corrected chi connectivity index (χ0v) is 14.1. The predicted molar refractivity (Wildman–Crippen MR) is 87.3 cm³/mol. The molecule has 0 radical (unpaired) electrons. The number of halogens is 1. The van der Waals surface area contributed by atoms with Crippen LogP contribution in [0.4, 0.5) is 0 Å². The Morgan fingerprint density at radius 1 is 0.588 bits per heavy atom. The third-order valence-corrected chi connectivity index (χ3v) is 4.42. The van der Waals surface area contributed by atoms with Gasteiger partial charge >= 0.3 is 0 Å². The molecule has 0 atom stereocenters. The van der Waals surface area contributed by atoms with E-state index >= 15 is 0 Å². The highest BCUT2D eigenvalue weighted by molar-refractivity contribution is 7.55. The fourth-order valence-electron chi connectivity index (χ4n) is 2.09. The van der Waals surface area contributed by atoms with Crippen LogP contribution in [0.1, 0.15) is 77.6 Å². The van der Waals surface area contributed by atoms with Gasteiger partial charge in [0.2, 0.25) is 0 Å². The van der Waals surface area contributed by atoms with Crippen molar-refractivity contribution in [3.05, 3.63) is 0 Å². The van der Waals surface area contributed by atoms with E-state index < -0.39 is 0 Å². The van der Waals surface area contributed by atoms with Crippen molar-refractivity contribution in [2.24, 2.45) is 0 Å². The Kier molecular flexibility index (Phi) is 19.7. The third-order valence-electron chi connectivity index (χ3n) is 3.21. The summed E-state index contributed by atoms with van der Waals surface area (Å²) < 4.78 is 0.